The van der Waals surface area contributed by atoms with Crippen molar-refractivity contribution in [1.29, 1.82) is 5.26 Å². The molecular formula is C22H16F4N4O. The highest BCUT2D eigenvalue weighted by molar-refractivity contribution is 5.82. The smallest absolute Gasteiger partial charge is 0.263 e. The Kier molecular flexibility index (Phi) is 6.50. The van der Waals surface area contributed by atoms with Crippen LogP contribution in [0.25, 0.3) is 16.6 Å². The molecule has 0 aliphatic heterocycles. The maximum absolute atomic E-state index is 14.6. The SMILES string of the molecule is CF.N#Cc1cn(Cc2ccc(C(F)F)cc2)c2cc(-n3ccnc3)c(F)cc2c1=O. The van der Waals surface area contributed by atoms with Crippen LogP contribution in [0.1, 0.15) is 23.1 Å². The predicted molar refractivity (Wildman–Crippen MR) is 108 cm³/mol. The lowest BCUT2D eigenvalue weighted by Crippen LogP contribution is -2.14. The average Bonchev–Trinajstić information content (AvgIpc) is 3.32. The van der Waals surface area contributed by atoms with Crippen LogP contribution in [0.2, 0.25) is 0 Å². The highest BCUT2D eigenvalue weighted by atomic mass is 19.3. The van der Waals surface area contributed by atoms with Crippen molar-refractivity contribution in [1.82, 2.24) is 14.1 Å². The number of halogens is 4. The molecule has 0 atom stereocenters. The van der Waals surface area contributed by atoms with Crippen molar-refractivity contribution in [3.8, 4) is 11.8 Å². The number of benzene rings is 2. The molecule has 4 aromatic rings. The number of hydrogen-bond donors (Lipinski definition) is 0. The fourth-order valence-electron chi connectivity index (χ4n) is 3.17. The molecule has 158 valence electrons. The summed E-state index contributed by atoms with van der Waals surface area (Å²) in [5, 5.41) is 9.35. The first-order chi connectivity index (χ1) is 15.0. The summed E-state index contributed by atoms with van der Waals surface area (Å²) in [6.45, 7) is 0.212. The van der Waals surface area contributed by atoms with Crippen LogP contribution in [0.5, 0.6) is 0 Å². The van der Waals surface area contributed by atoms with Gasteiger partial charge in [0.2, 0.25) is 5.43 Å². The molecule has 31 heavy (non-hydrogen) atoms. The minimum Gasteiger partial charge on any atom is -0.341 e. The third-order valence-electron chi connectivity index (χ3n) is 4.64. The van der Waals surface area contributed by atoms with Gasteiger partial charge in [0.15, 0.2) is 0 Å². The maximum Gasteiger partial charge on any atom is 0.263 e. The zero-order chi connectivity index (χ0) is 22.5. The van der Waals surface area contributed by atoms with Crippen LogP contribution in [-0.4, -0.2) is 21.3 Å². The van der Waals surface area contributed by atoms with Crippen molar-refractivity contribution in [3.63, 3.8) is 0 Å². The van der Waals surface area contributed by atoms with E-state index >= 15 is 0 Å². The monoisotopic (exact) mass is 428 g/mol. The Labute approximate surface area is 174 Å². The summed E-state index contributed by atoms with van der Waals surface area (Å²) < 4.78 is 52.8. The van der Waals surface area contributed by atoms with Gasteiger partial charge in [0.25, 0.3) is 6.43 Å². The molecule has 0 radical (unpaired) electrons. The van der Waals surface area contributed by atoms with Crippen LogP contribution in [0.15, 0.2) is 66.1 Å². The van der Waals surface area contributed by atoms with Crippen molar-refractivity contribution < 1.29 is 17.6 Å². The summed E-state index contributed by atoms with van der Waals surface area (Å²) in [5.74, 6) is -0.629. The Morgan fingerprint density at radius 3 is 2.45 bits per heavy atom. The van der Waals surface area contributed by atoms with Crippen molar-refractivity contribution in [2.75, 3.05) is 7.18 Å². The Morgan fingerprint density at radius 2 is 1.87 bits per heavy atom. The van der Waals surface area contributed by atoms with E-state index < -0.39 is 17.7 Å². The molecule has 0 bridgehead atoms. The highest BCUT2D eigenvalue weighted by Gasteiger charge is 2.15. The molecule has 0 unspecified atom stereocenters. The van der Waals surface area contributed by atoms with E-state index in [0.29, 0.717) is 18.3 Å². The molecule has 0 amide bonds. The van der Waals surface area contributed by atoms with Gasteiger partial charge in [-0.2, -0.15) is 5.26 Å². The molecule has 0 spiro atoms. The van der Waals surface area contributed by atoms with E-state index in [0.717, 1.165) is 6.07 Å². The van der Waals surface area contributed by atoms with Crippen LogP contribution >= 0.6 is 0 Å². The first-order valence-electron chi connectivity index (χ1n) is 8.98. The van der Waals surface area contributed by atoms with Crippen molar-refractivity contribution in [3.05, 3.63) is 94.0 Å². The van der Waals surface area contributed by atoms with Gasteiger partial charge >= 0.3 is 0 Å². The molecule has 0 aliphatic rings. The van der Waals surface area contributed by atoms with Gasteiger partial charge in [0.1, 0.15) is 17.4 Å². The first-order valence-corrected chi connectivity index (χ1v) is 8.98. The molecule has 4 rings (SSSR count). The Balaban J connectivity index is 0.00000132. The topological polar surface area (TPSA) is 63.6 Å². The molecule has 0 aliphatic carbocycles. The molecule has 2 aromatic heterocycles. The van der Waals surface area contributed by atoms with Crippen LogP contribution in [0.4, 0.5) is 17.6 Å². The molecular weight excluding hydrogens is 412 g/mol. The number of pyridine rings is 1. The fourth-order valence-corrected chi connectivity index (χ4v) is 3.17. The van der Waals surface area contributed by atoms with E-state index in [2.05, 4.69) is 4.98 Å². The van der Waals surface area contributed by atoms with Gasteiger partial charge in [-0.15, -0.1) is 0 Å². The quantitative estimate of drug-likeness (QED) is 0.440. The summed E-state index contributed by atoms with van der Waals surface area (Å²) in [4.78, 5) is 16.4. The number of hydrogen-bond acceptors (Lipinski definition) is 3. The zero-order valence-corrected chi connectivity index (χ0v) is 16.3. The van der Waals surface area contributed by atoms with E-state index in [9.17, 15) is 27.6 Å². The third-order valence-corrected chi connectivity index (χ3v) is 4.64. The average molecular weight is 428 g/mol. The van der Waals surface area contributed by atoms with Gasteiger partial charge in [-0.05, 0) is 17.7 Å². The lowest BCUT2D eigenvalue weighted by molar-refractivity contribution is 0.151. The lowest BCUT2D eigenvalue weighted by atomic mass is 10.1. The van der Waals surface area contributed by atoms with Gasteiger partial charge in [-0.3, -0.25) is 9.18 Å². The fraction of sp³-hybridized carbons (Fsp3) is 0.136. The van der Waals surface area contributed by atoms with Gasteiger partial charge in [-0.1, -0.05) is 24.3 Å². The van der Waals surface area contributed by atoms with E-state index in [1.807, 2.05) is 6.07 Å². The van der Waals surface area contributed by atoms with E-state index in [1.54, 1.807) is 22.9 Å². The van der Waals surface area contributed by atoms with Crippen molar-refractivity contribution in [2.24, 2.45) is 0 Å². The normalized spacial score (nSPS) is 10.6. The van der Waals surface area contributed by atoms with Gasteiger partial charge < -0.3 is 9.13 Å². The van der Waals surface area contributed by atoms with E-state index in [1.165, 1.54) is 41.5 Å². The summed E-state index contributed by atoms with van der Waals surface area (Å²) in [6, 6.07) is 10.2. The number of alkyl halides is 3. The number of nitrogens with zero attached hydrogens (tertiary/aromatic N) is 4. The summed E-state index contributed by atoms with van der Waals surface area (Å²) >= 11 is 0. The Hall–Kier alpha value is -3.93. The molecule has 5 nitrogen and oxygen atoms in total. The van der Waals surface area contributed by atoms with Crippen LogP contribution < -0.4 is 5.43 Å². The minimum absolute atomic E-state index is 0.0645. The third kappa shape index (κ3) is 4.33. The number of fused-ring (bicyclic) bond motifs is 1. The second-order valence-corrected chi connectivity index (χ2v) is 6.44. The highest BCUT2D eigenvalue weighted by Crippen LogP contribution is 2.23. The number of aromatic nitrogens is 3. The minimum atomic E-state index is -2.57. The molecule has 0 saturated heterocycles. The Morgan fingerprint density at radius 1 is 1.16 bits per heavy atom. The number of imidazole rings is 1. The van der Waals surface area contributed by atoms with Crippen molar-refractivity contribution in [2.45, 2.75) is 13.0 Å². The summed E-state index contributed by atoms with van der Waals surface area (Å²) in [6.07, 6.45) is 3.32. The maximum atomic E-state index is 14.6. The second kappa shape index (κ2) is 9.26. The standard InChI is InChI=1S/C21H13F3N4O.CH3F/c22-17-7-16-18(8-19(17)27-6-5-26-12-27)28(11-15(9-25)20(16)29)10-13-1-3-14(4-2-13)21(23)24;1-2/h1-8,11-12,21H,10H2;1H3. The van der Waals surface area contributed by atoms with Gasteiger partial charge in [0, 0.05) is 30.7 Å². The number of rotatable bonds is 4. The zero-order valence-electron chi connectivity index (χ0n) is 16.3. The molecule has 0 N–H and O–H groups in total. The summed E-state index contributed by atoms with van der Waals surface area (Å²) in [7, 11) is 0.500. The van der Waals surface area contributed by atoms with E-state index in [4.69, 9.17) is 0 Å². The predicted octanol–water partition coefficient (Wildman–Crippen LogP) is 4.77. The van der Waals surface area contributed by atoms with Crippen molar-refractivity contribution >= 4 is 10.9 Å². The molecule has 2 aromatic carbocycles. The van der Waals surface area contributed by atoms with Crippen LogP contribution in [0, 0.1) is 17.1 Å². The van der Waals surface area contributed by atoms with Crippen LogP contribution in [0.3, 0.4) is 0 Å². The molecule has 0 saturated carbocycles. The largest absolute Gasteiger partial charge is 0.341 e. The van der Waals surface area contributed by atoms with Crippen LogP contribution in [-0.2, 0) is 6.54 Å². The van der Waals surface area contributed by atoms with Gasteiger partial charge in [-0.25, -0.2) is 18.2 Å². The number of nitriles is 1. The second-order valence-electron chi connectivity index (χ2n) is 6.44. The lowest BCUT2D eigenvalue weighted by Gasteiger charge is -2.14. The van der Waals surface area contributed by atoms with E-state index in [-0.39, 0.29) is 28.7 Å². The summed E-state index contributed by atoms with van der Waals surface area (Å²) in [5.41, 5.74) is 0.509. The van der Waals surface area contributed by atoms with Gasteiger partial charge in [0.05, 0.1) is 30.1 Å². The Bertz CT molecular complexity index is 1290. The first kappa shape index (κ1) is 21.8. The molecule has 0 fully saturated rings. The molecule has 2 heterocycles. The molecule has 9 heteroatoms.